The molecule has 2 aromatic carbocycles. The molecule has 1 N–H and O–H groups in total. The van der Waals surface area contributed by atoms with Crippen molar-refractivity contribution in [3.63, 3.8) is 0 Å². The van der Waals surface area contributed by atoms with Gasteiger partial charge in [0.2, 0.25) is 5.95 Å². The standard InChI is InChI=1S/C22H21FN6O/c1-14-2-3-15(8-18(14)23)11-29-21-5-4-17(9-20(21)27-28-29)19-6-7-24-22(26-19)25-10-16-12-30-13-16/h2-9,16H,10-13H2,1H3,(H,24,25,26). The van der Waals surface area contributed by atoms with Gasteiger partial charge < -0.3 is 10.1 Å². The van der Waals surface area contributed by atoms with Crippen molar-refractivity contribution in [1.82, 2.24) is 25.0 Å². The van der Waals surface area contributed by atoms with Crippen molar-refractivity contribution in [3.05, 3.63) is 65.6 Å². The molecule has 0 aliphatic carbocycles. The van der Waals surface area contributed by atoms with Crippen LogP contribution in [-0.4, -0.2) is 44.7 Å². The van der Waals surface area contributed by atoms with Crippen molar-refractivity contribution >= 4 is 17.0 Å². The molecule has 2 aromatic heterocycles. The largest absolute Gasteiger partial charge is 0.381 e. The molecule has 8 heteroatoms. The highest BCUT2D eigenvalue weighted by atomic mass is 19.1. The summed E-state index contributed by atoms with van der Waals surface area (Å²) in [6.45, 7) is 4.58. The van der Waals surface area contributed by atoms with Crippen LogP contribution in [0.4, 0.5) is 10.3 Å². The molecule has 5 rings (SSSR count). The van der Waals surface area contributed by atoms with Gasteiger partial charge in [0.25, 0.3) is 0 Å². The molecule has 1 aliphatic heterocycles. The minimum atomic E-state index is -0.211. The van der Waals surface area contributed by atoms with Gasteiger partial charge in [0.1, 0.15) is 11.3 Å². The third kappa shape index (κ3) is 3.73. The summed E-state index contributed by atoms with van der Waals surface area (Å²) in [4.78, 5) is 8.91. The maximum Gasteiger partial charge on any atom is 0.223 e. The zero-order valence-corrected chi connectivity index (χ0v) is 16.5. The molecule has 0 atom stereocenters. The maximum absolute atomic E-state index is 13.8. The summed E-state index contributed by atoms with van der Waals surface area (Å²) in [6, 6.07) is 13.0. The number of benzene rings is 2. The van der Waals surface area contributed by atoms with E-state index in [1.807, 2.05) is 30.3 Å². The summed E-state index contributed by atoms with van der Waals surface area (Å²) in [6.07, 6.45) is 1.74. The fourth-order valence-electron chi connectivity index (χ4n) is 3.40. The Hall–Kier alpha value is -3.39. The number of fused-ring (bicyclic) bond motifs is 1. The number of ether oxygens (including phenoxy) is 1. The van der Waals surface area contributed by atoms with Gasteiger partial charge in [0.15, 0.2) is 0 Å². The number of rotatable bonds is 6. The van der Waals surface area contributed by atoms with Crippen LogP contribution in [0.1, 0.15) is 11.1 Å². The van der Waals surface area contributed by atoms with E-state index in [2.05, 4.69) is 25.6 Å². The van der Waals surface area contributed by atoms with Crippen molar-refractivity contribution in [1.29, 1.82) is 0 Å². The normalized spacial score (nSPS) is 14.1. The highest BCUT2D eigenvalue weighted by molar-refractivity contribution is 5.80. The van der Waals surface area contributed by atoms with E-state index in [1.165, 1.54) is 0 Å². The van der Waals surface area contributed by atoms with Gasteiger partial charge in [0, 0.05) is 24.2 Å². The summed E-state index contributed by atoms with van der Waals surface area (Å²) in [5, 5.41) is 11.8. The zero-order chi connectivity index (χ0) is 20.5. The number of aromatic nitrogens is 5. The van der Waals surface area contributed by atoms with Crippen molar-refractivity contribution < 1.29 is 9.13 Å². The van der Waals surface area contributed by atoms with Crippen molar-refractivity contribution in [2.24, 2.45) is 5.92 Å². The lowest BCUT2D eigenvalue weighted by Crippen LogP contribution is -2.33. The summed E-state index contributed by atoms with van der Waals surface area (Å²) in [7, 11) is 0. The highest BCUT2D eigenvalue weighted by Crippen LogP contribution is 2.23. The number of hydrogen-bond donors (Lipinski definition) is 1. The second kappa shape index (κ2) is 7.79. The van der Waals surface area contributed by atoms with Crippen molar-refractivity contribution in [2.75, 3.05) is 25.1 Å². The van der Waals surface area contributed by atoms with Crippen molar-refractivity contribution in [2.45, 2.75) is 13.5 Å². The molecule has 1 fully saturated rings. The molecule has 1 aliphatic rings. The lowest BCUT2D eigenvalue weighted by molar-refractivity contribution is -0.0249. The first-order valence-corrected chi connectivity index (χ1v) is 9.89. The molecular weight excluding hydrogens is 383 g/mol. The second-order valence-corrected chi connectivity index (χ2v) is 7.58. The molecule has 30 heavy (non-hydrogen) atoms. The summed E-state index contributed by atoms with van der Waals surface area (Å²) < 4.78 is 20.8. The topological polar surface area (TPSA) is 77.8 Å². The molecule has 0 amide bonds. The number of aryl methyl sites for hydroxylation is 1. The van der Waals surface area contributed by atoms with E-state index in [0.717, 1.165) is 47.6 Å². The van der Waals surface area contributed by atoms with Crippen LogP contribution in [0.5, 0.6) is 0 Å². The number of nitrogens with one attached hydrogen (secondary N) is 1. The smallest absolute Gasteiger partial charge is 0.223 e. The number of hydrogen-bond acceptors (Lipinski definition) is 6. The first-order valence-electron chi connectivity index (χ1n) is 9.89. The van der Waals surface area contributed by atoms with Gasteiger partial charge in [-0.25, -0.2) is 19.0 Å². The van der Waals surface area contributed by atoms with Crippen LogP contribution >= 0.6 is 0 Å². The molecule has 1 saturated heterocycles. The van der Waals surface area contributed by atoms with Crippen LogP contribution in [0.25, 0.3) is 22.3 Å². The Balaban J connectivity index is 1.37. The molecule has 7 nitrogen and oxygen atoms in total. The van der Waals surface area contributed by atoms with E-state index >= 15 is 0 Å². The van der Waals surface area contributed by atoms with Crippen LogP contribution in [0.15, 0.2) is 48.7 Å². The van der Waals surface area contributed by atoms with Gasteiger partial charge in [-0.3, -0.25) is 0 Å². The predicted molar refractivity (Wildman–Crippen MR) is 112 cm³/mol. The minimum Gasteiger partial charge on any atom is -0.381 e. The van der Waals surface area contributed by atoms with Gasteiger partial charge in [0.05, 0.1) is 31.0 Å². The van der Waals surface area contributed by atoms with Crippen LogP contribution < -0.4 is 5.32 Å². The number of nitrogens with zero attached hydrogens (tertiary/aromatic N) is 5. The molecule has 0 bridgehead atoms. The number of anilines is 1. The third-order valence-corrected chi connectivity index (χ3v) is 5.29. The Bertz CT molecular complexity index is 1200. The average molecular weight is 404 g/mol. The quantitative estimate of drug-likeness (QED) is 0.530. The van der Waals surface area contributed by atoms with Gasteiger partial charge in [-0.15, -0.1) is 5.10 Å². The maximum atomic E-state index is 13.8. The molecule has 4 aromatic rings. The lowest BCUT2D eigenvalue weighted by Gasteiger charge is -2.25. The van der Waals surface area contributed by atoms with Crippen LogP contribution in [-0.2, 0) is 11.3 Å². The molecule has 152 valence electrons. The van der Waals surface area contributed by atoms with Crippen LogP contribution in [0.3, 0.4) is 0 Å². The Morgan fingerprint density at radius 2 is 2.07 bits per heavy atom. The monoisotopic (exact) mass is 404 g/mol. The fourth-order valence-corrected chi connectivity index (χ4v) is 3.40. The Kier molecular flexibility index (Phi) is 4.84. The van der Waals surface area contributed by atoms with Crippen LogP contribution in [0, 0.1) is 18.7 Å². The van der Waals surface area contributed by atoms with Crippen molar-refractivity contribution in [3.8, 4) is 11.3 Å². The van der Waals surface area contributed by atoms with E-state index in [9.17, 15) is 4.39 Å². The SMILES string of the molecule is Cc1ccc(Cn2nnc3cc(-c4ccnc(NCC5COC5)n4)ccc32)cc1F. The third-order valence-electron chi connectivity index (χ3n) is 5.29. The molecule has 0 unspecified atom stereocenters. The van der Waals surface area contributed by atoms with Gasteiger partial charge in [-0.1, -0.05) is 23.4 Å². The van der Waals surface area contributed by atoms with E-state index in [1.54, 1.807) is 29.9 Å². The highest BCUT2D eigenvalue weighted by Gasteiger charge is 2.18. The summed E-state index contributed by atoms with van der Waals surface area (Å²) >= 11 is 0. The predicted octanol–water partition coefficient (Wildman–Crippen LogP) is 3.44. The molecule has 3 heterocycles. The Morgan fingerprint density at radius 3 is 2.87 bits per heavy atom. The Morgan fingerprint density at radius 1 is 1.17 bits per heavy atom. The Labute approximate surface area is 172 Å². The summed E-state index contributed by atoms with van der Waals surface area (Å²) in [5.41, 5.74) is 4.88. The molecule has 0 saturated carbocycles. The van der Waals surface area contributed by atoms with E-state index < -0.39 is 0 Å². The second-order valence-electron chi connectivity index (χ2n) is 7.58. The van der Waals surface area contributed by atoms with Gasteiger partial charge >= 0.3 is 0 Å². The van der Waals surface area contributed by atoms with Gasteiger partial charge in [-0.05, 0) is 42.3 Å². The first kappa shape index (κ1) is 18.6. The fraction of sp³-hybridized carbons (Fsp3) is 0.273. The number of halogens is 1. The van der Waals surface area contributed by atoms with E-state index in [-0.39, 0.29) is 5.82 Å². The molecular formula is C22H21FN6O. The lowest BCUT2D eigenvalue weighted by atomic mass is 10.1. The van der Waals surface area contributed by atoms with Gasteiger partial charge in [-0.2, -0.15) is 0 Å². The van der Waals surface area contributed by atoms with E-state index in [0.29, 0.717) is 24.0 Å². The minimum absolute atomic E-state index is 0.211. The average Bonchev–Trinajstić information content (AvgIpc) is 3.12. The van der Waals surface area contributed by atoms with E-state index in [4.69, 9.17) is 4.74 Å². The van der Waals surface area contributed by atoms with Crippen LogP contribution in [0.2, 0.25) is 0 Å². The molecule has 0 spiro atoms. The zero-order valence-electron chi connectivity index (χ0n) is 16.5. The first-order chi connectivity index (χ1) is 14.7. The molecule has 0 radical (unpaired) electrons. The summed E-state index contributed by atoms with van der Waals surface area (Å²) in [5.74, 6) is 0.910.